The molecule has 13 heavy (non-hydrogen) atoms. The molecular weight excluding hydrogens is 162 g/mol. The van der Waals surface area contributed by atoms with E-state index in [1.165, 1.54) is 0 Å². The number of imidazole rings is 1. The molecule has 0 saturated heterocycles. The third-order valence-corrected chi connectivity index (χ3v) is 1.42. The Morgan fingerprint density at radius 1 is 1.15 bits per heavy atom. The van der Waals surface area contributed by atoms with Gasteiger partial charge in [-0.1, -0.05) is 19.9 Å². The predicted octanol–water partition coefficient (Wildman–Crippen LogP) is 2.29. The SMILES string of the molecule is CC.c1ccc(-n2ccnc2)nc1. The van der Waals surface area contributed by atoms with E-state index in [4.69, 9.17) is 0 Å². The van der Waals surface area contributed by atoms with E-state index >= 15 is 0 Å². The van der Waals surface area contributed by atoms with Crippen LogP contribution in [0.4, 0.5) is 0 Å². The second-order valence-corrected chi connectivity index (χ2v) is 2.16. The lowest BCUT2D eigenvalue weighted by Crippen LogP contribution is -1.91. The maximum Gasteiger partial charge on any atom is 0.137 e. The zero-order valence-corrected chi connectivity index (χ0v) is 7.88. The lowest BCUT2D eigenvalue weighted by molar-refractivity contribution is 0.993. The molecule has 0 atom stereocenters. The molecule has 0 amide bonds. The van der Waals surface area contributed by atoms with E-state index < -0.39 is 0 Å². The van der Waals surface area contributed by atoms with Gasteiger partial charge < -0.3 is 0 Å². The van der Waals surface area contributed by atoms with Crippen molar-refractivity contribution in [2.24, 2.45) is 0 Å². The maximum absolute atomic E-state index is 4.14. The topological polar surface area (TPSA) is 30.7 Å². The van der Waals surface area contributed by atoms with Crippen LogP contribution in [0.2, 0.25) is 0 Å². The third-order valence-electron chi connectivity index (χ3n) is 1.42. The van der Waals surface area contributed by atoms with Crippen molar-refractivity contribution < 1.29 is 0 Å². The van der Waals surface area contributed by atoms with Gasteiger partial charge in [-0.2, -0.15) is 0 Å². The first-order valence-electron chi connectivity index (χ1n) is 4.36. The number of hydrogen-bond acceptors (Lipinski definition) is 2. The van der Waals surface area contributed by atoms with Crippen LogP contribution in [0.1, 0.15) is 13.8 Å². The van der Waals surface area contributed by atoms with E-state index in [9.17, 15) is 0 Å². The summed E-state index contributed by atoms with van der Waals surface area (Å²) < 4.78 is 1.86. The number of hydrogen-bond donors (Lipinski definition) is 0. The second-order valence-electron chi connectivity index (χ2n) is 2.16. The first-order valence-corrected chi connectivity index (χ1v) is 4.36. The Hall–Kier alpha value is -1.64. The molecule has 68 valence electrons. The van der Waals surface area contributed by atoms with Crippen LogP contribution in [0.25, 0.3) is 5.82 Å². The molecule has 0 fully saturated rings. The predicted molar refractivity (Wildman–Crippen MR) is 52.7 cm³/mol. The third kappa shape index (κ3) is 2.40. The summed E-state index contributed by atoms with van der Waals surface area (Å²) in [5.41, 5.74) is 0. The highest BCUT2D eigenvalue weighted by atomic mass is 15.1. The maximum atomic E-state index is 4.14. The minimum absolute atomic E-state index is 0.894. The Bertz CT molecular complexity index is 313. The molecular formula is C10H13N3. The standard InChI is InChI=1S/C8H7N3.C2H6/c1-2-4-10-8(3-1)11-6-5-9-7-11;1-2/h1-7H;1-2H3. The van der Waals surface area contributed by atoms with E-state index in [1.54, 1.807) is 18.7 Å². The van der Waals surface area contributed by atoms with Crippen LogP contribution >= 0.6 is 0 Å². The molecule has 0 spiro atoms. The van der Waals surface area contributed by atoms with Crippen LogP contribution in [-0.2, 0) is 0 Å². The van der Waals surface area contributed by atoms with Gasteiger partial charge in [0.25, 0.3) is 0 Å². The van der Waals surface area contributed by atoms with Gasteiger partial charge in [-0.05, 0) is 12.1 Å². The highest BCUT2D eigenvalue weighted by Crippen LogP contribution is 1.99. The summed E-state index contributed by atoms with van der Waals surface area (Å²) in [6.07, 6.45) is 7.08. The summed E-state index contributed by atoms with van der Waals surface area (Å²) in [7, 11) is 0. The molecule has 0 aromatic carbocycles. The Kier molecular flexibility index (Phi) is 3.70. The van der Waals surface area contributed by atoms with E-state index in [0.717, 1.165) is 5.82 Å². The summed E-state index contributed by atoms with van der Waals surface area (Å²) in [6.45, 7) is 4.00. The Balaban J connectivity index is 0.000000396. The van der Waals surface area contributed by atoms with E-state index in [2.05, 4.69) is 9.97 Å². The molecule has 0 radical (unpaired) electrons. The molecule has 0 saturated carbocycles. The first kappa shape index (κ1) is 9.45. The zero-order chi connectivity index (χ0) is 9.52. The molecule has 0 bridgehead atoms. The lowest BCUT2D eigenvalue weighted by Gasteiger charge is -1.96. The molecule has 0 unspecified atom stereocenters. The summed E-state index contributed by atoms with van der Waals surface area (Å²) in [4.78, 5) is 8.07. The number of pyridine rings is 1. The van der Waals surface area contributed by atoms with Crippen molar-refractivity contribution >= 4 is 0 Å². The molecule has 3 heteroatoms. The van der Waals surface area contributed by atoms with Crippen molar-refractivity contribution in [3.05, 3.63) is 43.1 Å². The molecule has 2 aromatic rings. The van der Waals surface area contributed by atoms with Crippen LogP contribution in [0.5, 0.6) is 0 Å². The van der Waals surface area contributed by atoms with E-state index in [0.29, 0.717) is 0 Å². The van der Waals surface area contributed by atoms with E-state index in [-0.39, 0.29) is 0 Å². The summed E-state index contributed by atoms with van der Waals surface area (Å²) in [5, 5.41) is 0. The van der Waals surface area contributed by atoms with Crippen LogP contribution in [0, 0.1) is 0 Å². The normalized spacial score (nSPS) is 8.77. The molecule has 2 aromatic heterocycles. The van der Waals surface area contributed by atoms with Crippen molar-refractivity contribution in [1.82, 2.24) is 14.5 Å². The fourth-order valence-electron chi connectivity index (χ4n) is 0.901. The van der Waals surface area contributed by atoms with Crippen molar-refractivity contribution in [1.29, 1.82) is 0 Å². The molecule has 2 heterocycles. The van der Waals surface area contributed by atoms with Gasteiger partial charge in [0.05, 0.1) is 0 Å². The van der Waals surface area contributed by atoms with Crippen LogP contribution in [0.3, 0.4) is 0 Å². The fourth-order valence-corrected chi connectivity index (χ4v) is 0.901. The van der Waals surface area contributed by atoms with Crippen molar-refractivity contribution in [2.45, 2.75) is 13.8 Å². The number of aromatic nitrogens is 3. The van der Waals surface area contributed by atoms with Crippen molar-refractivity contribution in [3.63, 3.8) is 0 Å². The smallest absolute Gasteiger partial charge is 0.137 e. The van der Waals surface area contributed by atoms with Gasteiger partial charge in [0.15, 0.2) is 0 Å². The molecule has 0 aliphatic rings. The van der Waals surface area contributed by atoms with Gasteiger partial charge in [0.1, 0.15) is 12.1 Å². The number of nitrogens with zero attached hydrogens (tertiary/aromatic N) is 3. The monoisotopic (exact) mass is 175 g/mol. The summed E-state index contributed by atoms with van der Waals surface area (Å²) >= 11 is 0. The quantitative estimate of drug-likeness (QED) is 0.665. The average Bonchev–Trinajstić information content (AvgIpc) is 2.75. The van der Waals surface area contributed by atoms with Gasteiger partial charge in [0.2, 0.25) is 0 Å². The van der Waals surface area contributed by atoms with Crippen LogP contribution in [0.15, 0.2) is 43.1 Å². The van der Waals surface area contributed by atoms with Crippen molar-refractivity contribution in [2.75, 3.05) is 0 Å². The van der Waals surface area contributed by atoms with E-state index in [1.807, 2.05) is 42.8 Å². The Morgan fingerprint density at radius 3 is 2.54 bits per heavy atom. The largest absolute Gasteiger partial charge is 0.291 e. The van der Waals surface area contributed by atoms with Crippen molar-refractivity contribution in [3.8, 4) is 5.82 Å². The zero-order valence-electron chi connectivity index (χ0n) is 7.88. The summed E-state index contributed by atoms with van der Waals surface area (Å²) in [6, 6.07) is 5.77. The second kappa shape index (κ2) is 5.09. The average molecular weight is 175 g/mol. The van der Waals surface area contributed by atoms with Gasteiger partial charge >= 0.3 is 0 Å². The van der Waals surface area contributed by atoms with Gasteiger partial charge in [-0.25, -0.2) is 9.97 Å². The molecule has 0 N–H and O–H groups in total. The molecule has 0 aliphatic heterocycles. The minimum atomic E-state index is 0.894. The van der Waals surface area contributed by atoms with Crippen LogP contribution < -0.4 is 0 Å². The molecule has 0 aliphatic carbocycles. The highest BCUT2D eigenvalue weighted by Gasteiger charge is 1.91. The summed E-state index contributed by atoms with van der Waals surface area (Å²) in [5.74, 6) is 0.894. The first-order chi connectivity index (χ1) is 6.47. The Morgan fingerprint density at radius 2 is 2.00 bits per heavy atom. The number of rotatable bonds is 1. The Labute approximate surface area is 78.1 Å². The lowest BCUT2D eigenvalue weighted by atomic mass is 10.5. The minimum Gasteiger partial charge on any atom is -0.291 e. The van der Waals surface area contributed by atoms with Gasteiger partial charge in [-0.3, -0.25) is 4.57 Å². The van der Waals surface area contributed by atoms with Gasteiger partial charge in [0, 0.05) is 18.6 Å². The van der Waals surface area contributed by atoms with Gasteiger partial charge in [-0.15, -0.1) is 0 Å². The molecule has 2 rings (SSSR count). The fraction of sp³-hybridized carbons (Fsp3) is 0.200. The molecule has 3 nitrogen and oxygen atoms in total. The highest BCUT2D eigenvalue weighted by molar-refractivity contribution is 5.20. The van der Waals surface area contributed by atoms with Crippen LogP contribution in [-0.4, -0.2) is 14.5 Å².